The fraction of sp³-hybridized carbons (Fsp3) is 0.368. The van der Waals surface area contributed by atoms with Gasteiger partial charge in [-0.05, 0) is 271 Å². The molecule has 0 spiro atoms. The van der Waals surface area contributed by atoms with E-state index in [1.54, 1.807) is 9.80 Å². The number of halogens is 2. The molecule has 12 aromatic rings. The summed E-state index contributed by atoms with van der Waals surface area (Å²) in [5, 5.41) is 0.123. The summed E-state index contributed by atoms with van der Waals surface area (Å²) in [6.45, 7) is 65.6. The van der Waals surface area contributed by atoms with Crippen molar-refractivity contribution in [3.8, 4) is 22.3 Å². The fourth-order valence-corrected chi connectivity index (χ4v) is 16.0. The zero-order valence-corrected chi connectivity index (χ0v) is 81.5. The molecule has 5 nitrogen and oxygen atoms in total. The highest BCUT2D eigenvalue weighted by atomic mass is 127. The summed E-state index contributed by atoms with van der Waals surface area (Å²) in [6.07, 6.45) is 0. The molecule has 0 unspecified atom stereocenters. The van der Waals surface area contributed by atoms with Crippen molar-refractivity contribution < 1.29 is 22.6 Å². The molecule has 0 radical (unpaired) electrons. The minimum Gasteiger partial charge on any atom is -0.331 e. The third kappa shape index (κ3) is 19.4. The summed E-state index contributed by atoms with van der Waals surface area (Å²) >= 11 is 9.06. The molecule has 1 N–H and O–H groups in total. The van der Waals surface area contributed by atoms with Gasteiger partial charge in [0.15, 0.2) is 0 Å². The molecule has 8 heteroatoms. The summed E-state index contributed by atoms with van der Waals surface area (Å²) in [6, 6.07) is 53.0. The molecular formula is C114H137BClIN4O. The molecule has 0 saturated heterocycles. The van der Waals surface area contributed by atoms with Crippen LogP contribution < -0.4 is 36.0 Å². The normalized spacial score (nSPS) is 14.9. The van der Waals surface area contributed by atoms with Gasteiger partial charge in [0.2, 0.25) is 0 Å². The molecule has 12 aromatic carbocycles. The summed E-state index contributed by atoms with van der Waals surface area (Å²) < 4.78 is 144. The molecule has 122 heavy (non-hydrogen) atoms. The Kier molecular flexibility index (Phi) is 20.6. The minimum absolute atomic E-state index is 0.00220. The maximum Gasteiger partial charge on any atom is 0.252 e. The Hall–Kier alpha value is -9.12. The maximum absolute atomic E-state index is 10.4. The molecule has 2 aliphatic rings. The van der Waals surface area contributed by atoms with Crippen molar-refractivity contribution in [2.24, 2.45) is 0 Å². The highest BCUT2D eigenvalue weighted by Crippen LogP contribution is 2.53. The fourth-order valence-electron chi connectivity index (χ4n) is 15.7. The Morgan fingerprint density at radius 3 is 1.00 bits per heavy atom. The minimum atomic E-state index is -0.762. The molecular weight excluding hydrogens is 1610 g/mol. The number of nitrogens with zero attached hydrogens (tertiary/aromatic N) is 4. The lowest BCUT2D eigenvalue weighted by molar-refractivity contribution is 0.589. The number of rotatable bonds is 10. The lowest BCUT2D eigenvalue weighted by atomic mass is 9.33. The highest BCUT2D eigenvalue weighted by Gasteiger charge is 2.45. The molecule has 0 aliphatic carbocycles. The number of anilines is 12. The molecule has 2 heterocycles. The van der Waals surface area contributed by atoms with E-state index in [2.05, 4.69) is 251 Å². The van der Waals surface area contributed by atoms with Gasteiger partial charge >= 0.3 is 0 Å². The van der Waals surface area contributed by atoms with Gasteiger partial charge in [-0.3, -0.25) is 0 Å². The SMILES string of the molecule is OI.[2H]c1c([2H])c(C(C)(C)C)c([2H])c([2H])c1N(c1ccc(C(C)(C)C)cc1)c1cc(C)cc(N(c2ccc(C(C)(C)C)cc2-c2ccc(C(C)(C)C)cc2)c2c([2H])c([2H])c(C(C)(C)C)c([2H])c2[2H])c1Cl.[2H]c1c([2H])c(C(C)(C)C)c([2H])c2c1N(c1ccc(C(C)(C)C)cc1)c1cc(C)cc3c1B2c1c([2H])c(C(C)(C)C)c([2H])c([2H])c1N3c1ccc(C(C)(C)C)cc1-c1ccc(C(C)(C)C)cc1. The van der Waals surface area contributed by atoms with E-state index in [4.69, 9.17) is 15.0 Å². The quantitative estimate of drug-likeness (QED) is 0.109. The van der Waals surface area contributed by atoms with Gasteiger partial charge < -0.3 is 23.0 Å². The van der Waals surface area contributed by atoms with Crippen LogP contribution in [0.5, 0.6) is 0 Å². The van der Waals surface area contributed by atoms with Crippen LogP contribution in [0.25, 0.3) is 22.3 Å². The number of hydrogen-bond donors (Lipinski definition) is 1. The van der Waals surface area contributed by atoms with Crippen LogP contribution in [0.4, 0.5) is 68.2 Å². The van der Waals surface area contributed by atoms with E-state index in [-0.39, 0.29) is 133 Å². The topological polar surface area (TPSA) is 33.2 Å². The second-order valence-corrected chi connectivity index (χ2v) is 44.2. The van der Waals surface area contributed by atoms with Crippen molar-refractivity contribution in [3.63, 3.8) is 0 Å². The summed E-state index contributed by atoms with van der Waals surface area (Å²) in [5.41, 5.74) is 17.8. The van der Waals surface area contributed by atoms with E-state index in [0.717, 1.165) is 107 Å². The summed E-state index contributed by atoms with van der Waals surface area (Å²) in [5.74, 6) is 0. The molecule has 0 fully saturated rings. The van der Waals surface area contributed by atoms with E-state index in [1.807, 2.05) is 139 Å². The molecule has 0 amide bonds. The van der Waals surface area contributed by atoms with Crippen LogP contribution >= 0.6 is 34.6 Å². The van der Waals surface area contributed by atoms with Crippen LogP contribution in [-0.2, 0) is 54.1 Å². The maximum atomic E-state index is 10.4. The molecule has 0 atom stereocenters. The van der Waals surface area contributed by atoms with E-state index in [9.17, 15) is 19.2 Å². The molecule has 636 valence electrons. The second-order valence-electron chi connectivity index (χ2n) is 43.8. The van der Waals surface area contributed by atoms with Gasteiger partial charge in [0, 0.05) is 56.6 Å². The van der Waals surface area contributed by atoms with Gasteiger partial charge in [-0.2, -0.15) is 0 Å². The first-order valence-corrected chi connectivity index (χ1v) is 44.3. The molecule has 0 aromatic heterocycles. The van der Waals surface area contributed by atoms with E-state index >= 15 is 0 Å². The van der Waals surface area contributed by atoms with Crippen molar-refractivity contribution in [2.45, 2.75) is 276 Å². The van der Waals surface area contributed by atoms with Crippen molar-refractivity contribution in [2.75, 3.05) is 19.6 Å². The molecule has 0 saturated carbocycles. The van der Waals surface area contributed by atoms with Crippen molar-refractivity contribution >= 4 is 126 Å². The lowest BCUT2D eigenvalue weighted by Gasteiger charge is -2.45. The van der Waals surface area contributed by atoms with Crippen LogP contribution in [0.2, 0.25) is 5.02 Å². The Bertz CT molecular complexity index is 6620. The van der Waals surface area contributed by atoms with Gasteiger partial charge in [0.25, 0.3) is 6.71 Å². The summed E-state index contributed by atoms with van der Waals surface area (Å²) in [4.78, 5) is 7.65. The van der Waals surface area contributed by atoms with Gasteiger partial charge in [0.1, 0.15) is 23.0 Å². The first-order valence-electron chi connectivity index (χ1n) is 50.0. The first-order chi connectivity index (χ1) is 62.4. The van der Waals surface area contributed by atoms with Crippen LogP contribution in [0.15, 0.2) is 242 Å². The Morgan fingerprint density at radius 1 is 0.287 bits per heavy atom. The van der Waals surface area contributed by atoms with E-state index in [0.29, 0.717) is 72.9 Å². The zero-order valence-electron chi connectivity index (χ0n) is 92.6. The largest absolute Gasteiger partial charge is 0.331 e. The van der Waals surface area contributed by atoms with Crippen LogP contribution in [0.3, 0.4) is 0 Å². The summed E-state index contributed by atoms with van der Waals surface area (Å²) in [7, 11) is 0. The average molecular weight is 1770 g/mol. The van der Waals surface area contributed by atoms with Gasteiger partial charge in [0.05, 0.1) is 47.0 Å². The smallest absolute Gasteiger partial charge is 0.252 e. The third-order valence-corrected chi connectivity index (χ3v) is 23.7. The van der Waals surface area contributed by atoms with Crippen molar-refractivity contribution in [1.82, 2.24) is 0 Å². The molecule has 0 bridgehead atoms. The predicted molar refractivity (Wildman–Crippen MR) is 545 cm³/mol. The van der Waals surface area contributed by atoms with Crippen LogP contribution in [0.1, 0.15) is 294 Å². The Balaban J connectivity index is 0.000000240. The van der Waals surface area contributed by atoms with E-state index < -0.39 is 28.4 Å². The predicted octanol–water partition coefficient (Wildman–Crippen LogP) is 32.3. The monoisotopic (exact) mass is 1770 g/mol. The van der Waals surface area contributed by atoms with Crippen molar-refractivity contribution in [1.29, 1.82) is 0 Å². The van der Waals surface area contributed by atoms with Gasteiger partial charge in [-0.15, -0.1) is 0 Å². The number of hydrogen-bond acceptors (Lipinski definition) is 5. The van der Waals surface area contributed by atoms with Crippen molar-refractivity contribution in [3.05, 3.63) is 314 Å². The Morgan fingerprint density at radius 2 is 0.598 bits per heavy atom. The average Bonchev–Trinajstić information content (AvgIpc) is 0.674. The highest BCUT2D eigenvalue weighted by molar-refractivity contribution is 14.1. The lowest BCUT2D eigenvalue weighted by Crippen LogP contribution is -2.61. The number of fused-ring (bicyclic) bond motifs is 4. The van der Waals surface area contributed by atoms with Gasteiger partial charge in [-0.25, -0.2) is 0 Å². The zero-order chi connectivity index (χ0) is 102. The molecule has 2 aliphatic heterocycles. The van der Waals surface area contributed by atoms with Gasteiger partial charge in [-0.1, -0.05) is 353 Å². The Labute approximate surface area is 775 Å². The van der Waals surface area contributed by atoms with Crippen LogP contribution in [-0.4, -0.2) is 10.1 Å². The number of benzene rings is 12. The standard InChI is InChI=1S/C57H67BN2.C57H69ClN2.HIO/c1-36-31-50-52-51(32-36)60(47-28-23-40(55(8,9)10)33-44(47)37-17-19-38(20-18-37)53(2,3)4)49-30-25-42(57(14,15)16)35-46(49)58(52)45-34-41(56(11,12)13)24-29-48(45)59(50)43-26-21-39(22-27-43)54(5,6)7;1-38-35-50(59(45-28-21-41(22-29-45)54(5,6)7)46-30-23-42(24-31-46)55(8,9)10)52(58)51(36-38)60(47-32-25-43(26-33-47)56(11,12)13)49-34-27-44(57(14,15)16)37-48(49)39-17-19-40(20-18-39)53(2,3)4;1-2/h17-35H,1-16H3;17-37H,1-16H3;2H/i24D,25D,29D,30D,34D,35D;21D,22D,25D,26D,28D,29D,32D,33D;. The first kappa shape index (κ1) is 74.3. The third-order valence-electron chi connectivity index (χ3n) is 23.4. The second kappa shape index (κ2) is 33.8. The van der Waals surface area contributed by atoms with Crippen LogP contribution in [0, 0.1) is 13.8 Å². The van der Waals surface area contributed by atoms with E-state index in [1.165, 1.54) is 5.56 Å². The number of aryl methyl sites for hydroxylation is 2. The molecule has 14 rings (SSSR count).